The molecule has 1 aliphatic heterocycles. The highest BCUT2D eigenvalue weighted by molar-refractivity contribution is 5.85. The first-order chi connectivity index (χ1) is 11.6. The summed E-state index contributed by atoms with van der Waals surface area (Å²) in [6, 6.07) is 6.10. The molecule has 25 heavy (non-hydrogen) atoms. The summed E-state index contributed by atoms with van der Waals surface area (Å²) >= 11 is 0. The third-order valence-electron chi connectivity index (χ3n) is 4.78. The number of rotatable bonds is 8. The molecule has 2 atom stereocenters. The molecule has 0 aliphatic carbocycles. The fraction of sp³-hybridized carbons (Fsp3) is 0.632. The van der Waals surface area contributed by atoms with Crippen molar-refractivity contribution < 1.29 is 13.9 Å². The highest BCUT2D eigenvalue weighted by atomic mass is 35.5. The van der Waals surface area contributed by atoms with Gasteiger partial charge < -0.3 is 15.4 Å². The molecule has 4 nitrogen and oxygen atoms in total. The minimum Gasteiger partial charge on any atom is -0.489 e. The standard InChI is InChI=1S/C19H29FN2O2.ClH/c1-3-17(24-18-6-4-5-16(20)12-18)13-22-19(23)11-14(2)15-7-9-21-10-8-15;/h4-6,12,14-15,17,21H,3,7-11,13H2,1-2H3,(H,22,23);1H. The fourth-order valence-electron chi connectivity index (χ4n) is 3.17. The molecule has 2 unspecified atom stereocenters. The third-order valence-corrected chi connectivity index (χ3v) is 4.78. The number of hydrogen-bond donors (Lipinski definition) is 2. The monoisotopic (exact) mass is 372 g/mol. The van der Waals surface area contributed by atoms with Crippen molar-refractivity contribution in [1.29, 1.82) is 0 Å². The molecule has 1 heterocycles. The van der Waals surface area contributed by atoms with E-state index in [2.05, 4.69) is 17.6 Å². The van der Waals surface area contributed by atoms with Gasteiger partial charge in [-0.3, -0.25) is 4.79 Å². The number of ether oxygens (including phenoxy) is 1. The predicted octanol–water partition coefficient (Wildman–Crippen LogP) is 3.55. The van der Waals surface area contributed by atoms with E-state index in [0.717, 1.165) is 32.4 Å². The number of halogens is 2. The van der Waals surface area contributed by atoms with Crippen molar-refractivity contribution in [3.63, 3.8) is 0 Å². The number of benzene rings is 1. The van der Waals surface area contributed by atoms with Gasteiger partial charge >= 0.3 is 0 Å². The van der Waals surface area contributed by atoms with E-state index in [-0.39, 0.29) is 30.2 Å². The van der Waals surface area contributed by atoms with E-state index in [1.165, 1.54) is 12.1 Å². The quantitative estimate of drug-likeness (QED) is 0.733. The van der Waals surface area contributed by atoms with Crippen LogP contribution in [0.4, 0.5) is 4.39 Å². The van der Waals surface area contributed by atoms with E-state index in [1.807, 2.05) is 6.92 Å². The van der Waals surface area contributed by atoms with Gasteiger partial charge in [0.2, 0.25) is 5.91 Å². The molecule has 2 rings (SSSR count). The lowest BCUT2D eigenvalue weighted by Crippen LogP contribution is -2.37. The minimum atomic E-state index is -0.317. The lowest BCUT2D eigenvalue weighted by molar-refractivity contribution is -0.122. The first-order valence-electron chi connectivity index (χ1n) is 8.98. The maximum absolute atomic E-state index is 13.2. The number of carbonyl (C=O) groups excluding carboxylic acids is 1. The Hall–Kier alpha value is -1.33. The fourth-order valence-corrected chi connectivity index (χ4v) is 3.17. The Balaban J connectivity index is 0.00000312. The van der Waals surface area contributed by atoms with Crippen LogP contribution in [0.1, 0.15) is 39.5 Å². The Morgan fingerprint density at radius 2 is 2.12 bits per heavy atom. The second-order valence-electron chi connectivity index (χ2n) is 6.68. The largest absolute Gasteiger partial charge is 0.489 e. The van der Waals surface area contributed by atoms with Crippen molar-refractivity contribution >= 4 is 18.3 Å². The first-order valence-corrected chi connectivity index (χ1v) is 8.98. The zero-order valence-corrected chi connectivity index (χ0v) is 15.9. The van der Waals surface area contributed by atoms with Crippen molar-refractivity contribution in [2.45, 2.75) is 45.6 Å². The van der Waals surface area contributed by atoms with Crippen LogP contribution in [0.5, 0.6) is 5.75 Å². The van der Waals surface area contributed by atoms with Crippen molar-refractivity contribution in [2.75, 3.05) is 19.6 Å². The summed E-state index contributed by atoms with van der Waals surface area (Å²) in [5.74, 6) is 1.28. The SMILES string of the molecule is CCC(CNC(=O)CC(C)C1CCNCC1)Oc1cccc(F)c1.Cl. The lowest BCUT2D eigenvalue weighted by Gasteiger charge is -2.28. The maximum atomic E-state index is 13.2. The van der Waals surface area contributed by atoms with Gasteiger partial charge in [-0.2, -0.15) is 0 Å². The molecule has 1 amide bonds. The van der Waals surface area contributed by atoms with Crippen molar-refractivity contribution in [3.05, 3.63) is 30.1 Å². The summed E-state index contributed by atoms with van der Waals surface area (Å²) in [6.45, 7) is 6.71. The Kier molecular flexibility index (Phi) is 9.83. The Labute approximate surface area is 156 Å². The molecule has 1 aliphatic rings. The van der Waals surface area contributed by atoms with Crippen molar-refractivity contribution in [3.8, 4) is 5.75 Å². The number of hydrogen-bond acceptors (Lipinski definition) is 3. The number of nitrogens with one attached hydrogen (secondary N) is 2. The van der Waals surface area contributed by atoms with Gasteiger partial charge in [0.05, 0.1) is 6.54 Å². The number of carbonyl (C=O) groups is 1. The van der Waals surface area contributed by atoms with Gasteiger partial charge in [0.1, 0.15) is 17.7 Å². The van der Waals surface area contributed by atoms with Gasteiger partial charge in [-0.25, -0.2) is 4.39 Å². The van der Waals surface area contributed by atoms with Gasteiger partial charge in [-0.15, -0.1) is 12.4 Å². The topological polar surface area (TPSA) is 50.4 Å². The molecule has 1 aromatic rings. The van der Waals surface area contributed by atoms with E-state index >= 15 is 0 Å². The van der Waals surface area contributed by atoms with Crippen LogP contribution in [-0.4, -0.2) is 31.6 Å². The summed E-state index contributed by atoms with van der Waals surface area (Å²) < 4.78 is 19.0. The summed E-state index contributed by atoms with van der Waals surface area (Å²) in [5.41, 5.74) is 0. The van der Waals surface area contributed by atoms with E-state index in [0.29, 0.717) is 30.6 Å². The third kappa shape index (κ3) is 7.61. The van der Waals surface area contributed by atoms with E-state index in [9.17, 15) is 9.18 Å². The van der Waals surface area contributed by atoms with E-state index in [1.54, 1.807) is 12.1 Å². The molecule has 0 aromatic heterocycles. The maximum Gasteiger partial charge on any atom is 0.220 e. The molecular formula is C19H30ClFN2O2. The molecular weight excluding hydrogens is 343 g/mol. The van der Waals surface area contributed by atoms with Crippen LogP contribution < -0.4 is 15.4 Å². The molecule has 6 heteroatoms. The highest BCUT2D eigenvalue weighted by Gasteiger charge is 2.22. The van der Waals surface area contributed by atoms with Crippen LogP contribution in [0.15, 0.2) is 24.3 Å². The summed E-state index contributed by atoms with van der Waals surface area (Å²) in [5, 5.41) is 6.32. The van der Waals surface area contributed by atoms with Gasteiger partial charge in [0.15, 0.2) is 0 Å². The van der Waals surface area contributed by atoms with Crippen molar-refractivity contribution in [1.82, 2.24) is 10.6 Å². The van der Waals surface area contributed by atoms with Crippen LogP contribution in [0.3, 0.4) is 0 Å². The molecule has 0 bridgehead atoms. The molecule has 2 N–H and O–H groups in total. The summed E-state index contributed by atoms with van der Waals surface area (Å²) in [4.78, 5) is 12.2. The zero-order valence-electron chi connectivity index (χ0n) is 15.1. The zero-order chi connectivity index (χ0) is 17.4. The molecule has 0 spiro atoms. The van der Waals surface area contributed by atoms with Crippen LogP contribution >= 0.6 is 12.4 Å². The molecule has 0 saturated carbocycles. The smallest absolute Gasteiger partial charge is 0.220 e. The molecule has 1 fully saturated rings. The molecule has 1 saturated heterocycles. The first kappa shape index (κ1) is 21.7. The molecule has 142 valence electrons. The summed E-state index contributed by atoms with van der Waals surface area (Å²) in [7, 11) is 0. The Bertz CT molecular complexity index is 524. The second kappa shape index (κ2) is 11.3. The normalized spacial score (nSPS) is 17.2. The van der Waals surface area contributed by atoms with Crippen LogP contribution in [0.25, 0.3) is 0 Å². The summed E-state index contributed by atoms with van der Waals surface area (Å²) in [6.07, 6.45) is 3.45. The molecule has 0 radical (unpaired) electrons. The van der Waals surface area contributed by atoms with Gasteiger partial charge in [-0.05, 0) is 56.3 Å². The van der Waals surface area contributed by atoms with Gasteiger partial charge in [0.25, 0.3) is 0 Å². The number of piperidine rings is 1. The van der Waals surface area contributed by atoms with Crippen molar-refractivity contribution in [2.24, 2.45) is 11.8 Å². The Morgan fingerprint density at radius 1 is 1.40 bits per heavy atom. The van der Waals surface area contributed by atoms with Crippen LogP contribution in [0, 0.1) is 17.7 Å². The molecule has 1 aromatic carbocycles. The second-order valence-corrected chi connectivity index (χ2v) is 6.68. The average molecular weight is 373 g/mol. The predicted molar refractivity (Wildman–Crippen MR) is 101 cm³/mol. The highest BCUT2D eigenvalue weighted by Crippen LogP contribution is 2.24. The lowest BCUT2D eigenvalue weighted by atomic mass is 9.84. The van der Waals surface area contributed by atoms with E-state index in [4.69, 9.17) is 4.74 Å². The number of amides is 1. The van der Waals surface area contributed by atoms with E-state index < -0.39 is 0 Å². The van der Waals surface area contributed by atoms with Crippen LogP contribution in [0.2, 0.25) is 0 Å². The van der Waals surface area contributed by atoms with Gasteiger partial charge in [0, 0.05) is 12.5 Å². The minimum absolute atomic E-state index is 0. The van der Waals surface area contributed by atoms with Crippen LogP contribution in [-0.2, 0) is 4.79 Å². The van der Waals surface area contributed by atoms with Gasteiger partial charge in [-0.1, -0.05) is 19.9 Å². The Morgan fingerprint density at radius 3 is 2.76 bits per heavy atom. The average Bonchev–Trinajstić information content (AvgIpc) is 2.59.